The van der Waals surface area contributed by atoms with Crippen molar-refractivity contribution < 1.29 is 13.9 Å². The molecule has 0 radical (unpaired) electrons. The van der Waals surface area contributed by atoms with Gasteiger partial charge < -0.3 is 19.4 Å². The maximum atomic E-state index is 12.9. The topological polar surface area (TPSA) is 80.5 Å². The molecule has 152 valence electrons. The van der Waals surface area contributed by atoms with E-state index in [1.165, 1.54) is 0 Å². The van der Waals surface area contributed by atoms with E-state index in [4.69, 9.17) is 9.15 Å². The smallest absolute Gasteiger partial charge is 0.289 e. The molecule has 2 aromatic carbocycles. The Hall–Kier alpha value is -3.45. The Morgan fingerprint density at radius 3 is 2.77 bits per heavy atom. The Labute approximate surface area is 173 Å². The summed E-state index contributed by atoms with van der Waals surface area (Å²) in [5, 5.41) is 3.81. The molecule has 4 aromatic rings. The third-order valence-corrected chi connectivity index (χ3v) is 5.25. The number of carbonyl (C=O) groups is 1. The van der Waals surface area contributed by atoms with Crippen LogP contribution in [-0.2, 0) is 11.3 Å². The fourth-order valence-corrected chi connectivity index (χ4v) is 3.75. The van der Waals surface area contributed by atoms with E-state index in [0.29, 0.717) is 49.8 Å². The molecule has 5 rings (SSSR count). The second-order valence-corrected chi connectivity index (χ2v) is 7.42. The maximum Gasteiger partial charge on any atom is 0.289 e. The normalized spacial score (nSPS) is 14.4. The molecule has 1 amide bonds. The lowest BCUT2D eigenvalue weighted by Crippen LogP contribution is -2.37. The SMILES string of the molecule is Cc1cccc(CNC(=O)c2nc(N3CCOCC3)c3oc4ccccc4c3n2)c1. The highest BCUT2D eigenvalue weighted by Crippen LogP contribution is 2.33. The van der Waals surface area contributed by atoms with Crippen LogP contribution in [0.2, 0.25) is 0 Å². The molecule has 1 aliphatic heterocycles. The van der Waals surface area contributed by atoms with Crippen LogP contribution < -0.4 is 10.2 Å². The number of para-hydroxylation sites is 1. The molecule has 0 atom stereocenters. The highest BCUT2D eigenvalue weighted by atomic mass is 16.5. The van der Waals surface area contributed by atoms with E-state index in [2.05, 4.69) is 20.2 Å². The Kier molecular flexibility index (Phi) is 4.80. The van der Waals surface area contributed by atoms with Crippen LogP contribution >= 0.6 is 0 Å². The van der Waals surface area contributed by atoms with E-state index in [-0.39, 0.29) is 11.7 Å². The minimum atomic E-state index is -0.307. The van der Waals surface area contributed by atoms with Crippen molar-refractivity contribution in [2.75, 3.05) is 31.2 Å². The molecule has 1 fully saturated rings. The number of ether oxygens (including phenoxy) is 1. The molecule has 2 aromatic heterocycles. The van der Waals surface area contributed by atoms with E-state index in [1.807, 2.05) is 55.5 Å². The quantitative estimate of drug-likeness (QED) is 0.563. The Morgan fingerprint density at radius 2 is 1.93 bits per heavy atom. The van der Waals surface area contributed by atoms with Crippen molar-refractivity contribution >= 4 is 33.8 Å². The number of anilines is 1. The van der Waals surface area contributed by atoms with Gasteiger partial charge in [0.25, 0.3) is 5.91 Å². The van der Waals surface area contributed by atoms with E-state index in [9.17, 15) is 4.79 Å². The van der Waals surface area contributed by atoms with Crippen molar-refractivity contribution in [3.8, 4) is 0 Å². The summed E-state index contributed by atoms with van der Waals surface area (Å²) in [7, 11) is 0. The van der Waals surface area contributed by atoms with Gasteiger partial charge in [0, 0.05) is 25.0 Å². The number of amides is 1. The third-order valence-electron chi connectivity index (χ3n) is 5.25. The van der Waals surface area contributed by atoms with Gasteiger partial charge in [-0.1, -0.05) is 42.0 Å². The molecule has 1 aliphatic rings. The average Bonchev–Trinajstić information content (AvgIpc) is 3.16. The number of furan rings is 1. The van der Waals surface area contributed by atoms with Crippen molar-refractivity contribution in [3.05, 3.63) is 65.5 Å². The summed E-state index contributed by atoms with van der Waals surface area (Å²) in [6, 6.07) is 15.7. The van der Waals surface area contributed by atoms with Gasteiger partial charge in [0.1, 0.15) is 11.1 Å². The predicted octanol–water partition coefficient (Wildman–Crippen LogP) is 3.45. The number of carbonyl (C=O) groups excluding carboxylic acids is 1. The van der Waals surface area contributed by atoms with Gasteiger partial charge in [-0.15, -0.1) is 0 Å². The monoisotopic (exact) mass is 402 g/mol. The summed E-state index contributed by atoms with van der Waals surface area (Å²) in [5.74, 6) is 0.474. The molecular formula is C23H22N4O3. The van der Waals surface area contributed by atoms with Gasteiger partial charge in [-0.05, 0) is 24.6 Å². The molecule has 7 nitrogen and oxygen atoms in total. The number of nitrogens with one attached hydrogen (secondary N) is 1. The van der Waals surface area contributed by atoms with Gasteiger partial charge in [0.2, 0.25) is 5.82 Å². The minimum absolute atomic E-state index is 0.142. The summed E-state index contributed by atoms with van der Waals surface area (Å²) < 4.78 is 11.5. The van der Waals surface area contributed by atoms with Gasteiger partial charge in [-0.25, -0.2) is 9.97 Å². The van der Waals surface area contributed by atoms with Crippen LogP contribution in [0.4, 0.5) is 5.82 Å². The Bertz CT molecular complexity index is 1230. The summed E-state index contributed by atoms with van der Waals surface area (Å²) >= 11 is 0. The van der Waals surface area contributed by atoms with Crippen molar-refractivity contribution in [1.82, 2.24) is 15.3 Å². The number of rotatable bonds is 4. The van der Waals surface area contributed by atoms with E-state index >= 15 is 0 Å². The number of hydrogen-bond acceptors (Lipinski definition) is 6. The fraction of sp³-hybridized carbons (Fsp3) is 0.261. The summed E-state index contributed by atoms with van der Waals surface area (Å²) in [6.07, 6.45) is 0. The highest BCUT2D eigenvalue weighted by molar-refractivity contribution is 6.07. The van der Waals surface area contributed by atoms with Crippen LogP contribution in [0.15, 0.2) is 52.9 Å². The van der Waals surface area contributed by atoms with E-state index in [0.717, 1.165) is 22.1 Å². The fourth-order valence-electron chi connectivity index (χ4n) is 3.75. The predicted molar refractivity (Wildman–Crippen MR) is 115 cm³/mol. The van der Waals surface area contributed by atoms with Gasteiger partial charge in [0.15, 0.2) is 11.4 Å². The Balaban J connectivity index is 1.54. The molecule has 0 spiro atoms. The average molecular weight is 402 g/mol. The van der Waals surface area contributed by atoms with Crippen LogP contribution in [-0.4, -0.2) is 42.2 Å². The summed E-state index contributed by atoms with van der Waals surface area (Å²) in [5.41, 5.74) is 4.18. The van der Waals surface area contributed by atoms with Crippen LogP contribution in [0.3, 0.4) is 0 Å². The van der Waals surface area contributed by atoms with Crippen LogP contribution in [0, 0.1) is 6.92 Å². The van der Waals surface area contributed by atoms with Gasteiger partial charge in [-0.3, -0.25) is 4.79 Å². The van der Waals surface area contributed by atoms with Crippen molar-refractivity contribution in [3.63, 3.8) is 0 Å². The van der Waals surface area contributed by atoms with E-state index < -0.39 is 0 Å². The molecule has 7 heteroatoms. The number of aryl methyl sites for hydroxylation is 1. The zero-order valence-electron chi connectivity index (χ0n) is 16.7. The molecule has 0 saturated carbocycles. The molecule has 1 saturated heterocycles. The molecule has 30 heavy (non-hydrogen) atoms. The number of nitrogens with zero attached hydrogens (tertiary/aromatic N) is 3. The second kappa shape index (κ2) is 7.76. The van der Waals surface area contributed by atoms with E-state index in [1.54, 1.807) is 0 Å². The Morgan fingerprint density at radius 1 is 1.10 bits per heavy atom. The van der Waals surface area contributed by atoms with Crippen LogP contribution in [0.25, 0.3) is 22.1 Å². The summed E-state index contributed by atoms with van der Waals surface area (Å²) in [6.45, 7) is 5.05. The summed E-state index contributed by atoms with van der Waals surface area (Å²) in [4.78, 5) is 24.2. The lowest BCUT2D eigenvalue weighted by atomic mass is 10.1. The maximum absolute atomic E-state index is 12.9. The number of aromatic nitrogens is 2. The standard InChI is InChI=1S/C23H22N4O3/c1-15-5-4-6-16(13-15)14-24-23(28)21-25-19-17-7-2-3-8-18(17)30-20(19)22(26-21)27-9-11-29-12-10-27/h2-8,13H,9-12,14H2,1H3,(H,24,28). The largest absolute Gasteiger partial charge is 0.450 e. The number of fused-ring (bicyclic) bond motifs is 3. The molecule has 0 bridgehead atoms. The molecule has 3 heterocycles. The number of benzene rings is 2. The lowest BCUT2D eigenvalue weighted by molar-refractivity contribution is 0.0940. The lowest BCUT2D eigenvalue weighted by Gasteiger charge is -2.27. The second-order valence-electron chi connectivity index (χ2n) is 7.42. The van der Waals surface area contributed by atoms with Crippen molar-refractivity contribution in [2.24, 2.45) is 0 Å². The zero-order chi connectivity index (χ0) is 20.5. The molecule has 0 unspecified atom stereocenters. The molecule has 0 aliphatic carbocycles. The number of morpholine rings is 1. The first-order chi connectivity index (χ1) is 14.7. The first-order valence-corrected chi connectivity index (χ1v) is 10.0. The van der Waals surface area contributed by atoms with Crippen LogP contribution in [0.1, 0.15) is 21.7 Å². The highest BCUT2D eigenvalue weighted by Gasteiger charge is 2.23. The first kappa shape index (κ1) is 18.6. The first-order valence-electron chi connectivity index (χ1n) is 10.0. The van der Waals surface area contributed by atoms with Crippen molar-refractivity contribution in [1.29, 1.82) is 0 Å². The van der Waals surface area contributed by atoms with Gasteiger partial charge in [-0.2, -0.15) is 0 Å². The number of hydrogen-bond donors (Lipinski definition) is 1. The minimum Gasteiger partial charge on any atom is -0.450 e. The zero-order valence-corrected chi connectivity index (χ0v) is 16.7. The molecular weight excluding hydrogens is 380 g/mol. The van der Waals surface area contributed by atoms with Gasteiger partial charge >= 0.3 is 0 Å². The third kappa shape index (κ3) is 3.48. The van der Waals surface area contributed by atoms with Crippen LogP contribution in [0.5, 0.6) is 0 Å². The molecule has 1 N–H and O–H groups in total. The van der Waals surface area contributed by atoms with Crippen molar-refractivity contribution in [2.45, 2.75) is 13.5 Å². The van der Waals surface area contributed by atoms with Gasteiger partial charge in [0.05, 0.1) is 13.2 Å².